The van der Waals surface area contributed by atoms with Crippen LogP contribution in [-0.4, -0.2) is 67.7 Å². The first-order chi connectivity index (χ1) is 24.6. The number of aryl methyl sites for hydroxylation is 2. The second-order valence-corrected chi connectivity index (χ2v) is 12.2. The number of carbonyl (C=O) groups is 4. The van der Waals surface area contributed by atoms with Crippen LogP contribution in [0.3, 0.4) is 0 Å². The van der Waals surface area contributed by atoms with Gasteiger partial charge in [-0.05, 0) is 62.4 Å². The molecule has 12 nitrogen and oxygen atoms in total. The first kappa shape index (κ1) is 38.8. The maximum Gasteiger partial charge on any atom is 0.490 e. The lowest BCUT2D eigenvalue weighted by Crippen LogP contribution is -2.46. The highest BCUT2D eigenvalue weighted by molar-refractivity contribution is 6.11. The van der Waals surface area contributed by atoms with Gasteiger partial charge >= 0.3 is 18.1 Å². The Labute approximate surface area is 297 Å². The summed E-state index contributed by atoms with van der Waals surface area (Å²) >= 11 is 0. The number of fused-ring (bicyclic) bond motifs is 1. The molecule has 1 aliphatic rings. The second kappa shape index (κ2) is 16.8. The summed E-state index contributed by atoms with van der Waals surface area (Å²) in [7, 11) is 0. The molecule has 0 aliphatic carbocycles. The zero-order chi connectivity index (χ0) is 38.2. The van der Waals surface area contributed by atoms with Crippen molar-refractivity contribution in [3.05, 3.63) is 113 Å². The van der Waals surface area contributed by atoms with E-state index in [-0.39, 0.29) is 24.3 Å². The number of hydrogen-bond donors (Lipinski definition) is 3. The number of aliphatic carboxylic acids is 2. The first-order valence-electron chi connectivity index (χ1n) is 16.2. The summed E-state index contributed by atoms with van der Waals surface area (Å²) < 4.78 is 37.5. The van der Waals surface area contributed by atoms with Gasteiger partial charge in [-0.3, -0.25) is 14.4 Å². The molecule has 5 rings (SSSR count). The van der Waals surface area contributed by atoms with Crippen LogP contribution < -0.4 is 15.4 Å². The minimum Gasteiger partial charge on any atom is -0.481 e. The molecule has 2 amide bonds. The van der Waals surface area contributed by atoms with E-state index in [1.54, 1.807) is 47.4 Å². The lowest BCUT2D eigenvalue weighted by Gasteiger charge is -2.37. The molecule has 15 heteroatoms. The van der Waals surface area contributed by atoms with Crippen LogP contribution in [0.4, 0.5) is 24.8 Å². The highest BCUT2D eigenvalue weighted by Crippen LogP contribution is 2.42. The maximum atomic E-state index is 14.8. The van der Waals surface area contributed by atoms with Gasteiger partial charge < -0.3 is 30.5 Å². The van der Waals surface area contributed by atoms with Crippen molar-refractivity contribution in [1.29, 1.82) is 0 Å². The molecule has 0 saturated heterocycles. The average molecular weight is 722 g/mol. The highest BCUT2D eigenvalue weighted by Gasteiger charge is 2.45. The van der Waals surface area contributed by atoms with Gasteiger partial charge in [0, 0.05) is 17.8 Å². The van der Waals surface area contributed by atoms with Gasteiger partial charge in [0.15, 0.2) is 0 Å². The van der Waals surface area contributed by atoms with Crippen LogP contribution in [0.1, 0.15) is 71.5 Å². The molecule has 4 N–H and O–H groups in total. The second-order valence-electron chi connectivity index (χ2n) is 12.2. The number of carbonyl (C=O) groups excluding carboxylic acids is 2. The Hall–Kier alpha value is -5.99. The minimum atomic E-state index is -5.08. The van der Waals surface area contributed by atoms with E-state index in [0.29, 0.717) is 53.4 Å². The topological polar surface area (TPSA) is 176 Å². The third kappa shape index (κ3) is 9.62. The monoisotopic (exact) mass is 721 g/mol. The number of nitrogen functional groups attached to an aromatic ring is 1. The third-order valence-corrected chi connectivity index (χ3v) is 8.00. The Morgan fingerprint density at radius 2 is 1.56 bits per heavy atom. The largest absolute Gasteiger partial charge is 0.490 e. The molecular formula is C37H38F3N5O7. The molecule has 4 aromatic rings. The Morgan fingerprint density at radius 1 is 0.942 bits per heavy atom. The number of aromatic nitrogens is 2. The van der Waals surface area contributed by atoms with Crippen molar-refractivity contribution in [2.45, 2.75) is 64.3 Å². The van der Waals surface area contributed by atoms with Gasteiger partial charge in [-0.15, -0.1) is 0 Å². The number of ether oxygens (including phenoxy) is 1. The summed E-state index contributed by atoms with van der Waals surface area (Å²) in [6, 6.07) is 23.2. The van der Waals surface area contributed by atoms with Crippen molar-refractivity contribution in [1.82, 2.24) is 14.9 Å². The highest BCUT2D eigenvalue weighted by atomic mass is 19.4. The standard InChI is InChI=1S/C35H37N5O5.C2HF3O2/c1-22(2)39-28-17-16-24(11-10-18-45-30-19-23(3)37-35(36)38-30)20-27(28)33(43)40(32(34(39)44)26-14-8-5-9-15-26)29(21-31(41)42)25-12-6-4-7-13-25;3-2(4,5)1(6)7/h4-9,12-17,19-20,22,29,32H,10-11,18,21H2,1-3H3,(H,41,42)(H2,36,37,38);(H,6,7). The van der Waals surface area contributed by atoms with E-state index in [9.17, 15) is 32.7 Å². The van der Waals surface area contributed by atoms with Crippen molar-refractivity contribution in [3.63, 3.8) is 0 Å². The number of benzene rings is 3. The average Bonchev–Trinajstić information content (AvgIpc) is 3.17. The fourth-order valence-corrected chi connectivity index (χ4v) is 5.84. The number of carboxylic acids is 2. The smallest absolute Gasteiger partial charge is 0.481 e. The van der Waals surface area contributed by atoms with Crippen LogP contribution >= 0.6 is 0 Å². The fraction of sp³-hybridized carbons (Fsp3) is 0.297. The van der Waals surface area contributed by atoms with Gasteiger partial charge in [0.25, 0.3) is 11.8 Å². The van der Waals surface area contributed by atoms with E-state index in [1.165, 1.54) is 4.90 Å². The maximum absolute atomic E-state index is 14.8. The number of amides is 2. The molecule has 0 spiro atoms. The van der Waals surface area contributed by atoms with Gasteiger partial charge in [0.1, 0.15) is 6.04 Å². The van der Waals surface area contributed by atoms with Crippen LogP contribution in [0.25, 0.3) is 0 Å². The molecule has 1 aliphatic heterocycles. The van der Waals surface area contributed by atoms with Crippen LogP contribution in [-0.2, 0) is 20.8 Å². The number of nitrogens with two attached hydrogens (primary N) is 1. The number of hydrogen-bond acceptors (Lipinski definition) is 8. The molecule has 52 heavy (non-hydrogen) atoms. The fourth-order valence-electron chi connectivity index (χ4n) is 5.84. The lowest BCUT2D eigenvalue weighted by atomic mass is 9.95. The molecule has 274 valence electrons. The number of rotatable bonds is 11. The molecule has 1 aromatic heterocycles. The molecule has 0 radical (unpaired) electrons. The SMILES string of the molecule is Cc1cc(OCCCc2ccc3c(c2)C(=O)N(C(CC(=O)O)c2ccccc2)C(c2ccccc2)C(=O)N3C(C)C)nc(N)n1.O=C(O)C(F)(F)F. The van der Waals surface area contributed by atoms with E-state index >= 15 is 0 Å². The normalized spacial score (nSPS) is 14.9. The van der Waals surface area contributed by atoms with Crippen LogP contribution in [0.15, 0.2) is 84.9 Å². The number of carboxylic acid groups (broad SMARTS) is 2. The Kier molecular flexibility index (Phi) is 12.5. The Morgan fingerprint density at radius 3 is 2.12 bits per heavy atom. The van der Waals surface area contributed by atoms with Crippen molar-refractivity contribution in [2.24, 2.45) is 0 Å². The number of anilines is 2. The molecule has 2 heterocycles. The molecule has 0 saturated carbocycles. The predicted octanol–water partition coefficient (Wildman–Crippen LogP) is 6.17. The zero-order valence-corrected chi connectivity index (χ0v) is 28.6. The summed E-state index contributed by atoms with van der Waals surface area (Å²) in [5, 5.41) is 17.1. The molecule has 2 atom stereocenters. The van der Waals surface area contributed by atoms with Crippen molar-refractivity contribution >= 4 is 35.4 Å². The van der Waals surface area contributed by atoms with Crippen LogP contribution in [0.2, 0.25) is 0 Å². The molecule has 2 unspecified atom stereocenters. The van der Waals surface area contributed by atoms with Gasteiger partial charge in [0.05, 0.1) is 30.3 Å². The summed E-state index contributed by atoms with van der Waals surface area (Å²) in [5.74, 6) is -3.99. The van der Waals surface area contributed by atoms with Gasteiger partial charge in [0.2, 0.25) is 11.8 Å². The van der Waals surface area contributed by atoms with Gasteiger partial charge in [-0.1, -0.05) is 66.7 Å². The molecule has 0 fully saturated rings. The zero-order valence-electron chi connectivity index (χ0n) is 28.6. The first-order valence-corrected chi connectivity index (χ1v) is 16.2. The minimum absolute atomic E-state index is 0.147. The quantitative estimate of drug-likeness (QED) is 0.152. The third-order valence-electron chi connectivity index (χ3n) is 8.00. The summed E-state index contributed by atoms with van der Waals surface area (Å²) in [6.07, 6.45) is -4.23. The van der Waals surface area contributed by atoms with Crippen molar-refractivity contribution in [2.75, 3.05) is 17.2 Å². The van der Waals surface area contributed by atoms with Gasteiger partial charge in [-0.25, -0.2) is 9.78 Å². The van der Waals surface area contributed by atoms with E-state index in [4.69, 9.17) is 20.4 Å². The number of alkyl halides is 3. The predicted molar refractivity (Wildman–Crippen MR) is 185 cm³/mol. The van der Waals surface area contributed by atoms with Gasteiger partial charge in [-0.2, -0.15) is 18.2 Å². The molecule has 3 aromatic carbocycles. The van der Waals surface area contributed by atoms with Crippen molar-refractivity contribution < 1.29 is 47.3 Å². The van der Waals surface area contributed by atoms with Crippen molar-refractivity contribution in [3.8, 4) is 5.88 Å². The number of nitrogens with zero attached hydrogens (tertiary/aromatic N) is 4. The molecular weight excluding hydrogens is 683 g/mol. The van der Waals surface area contributed by atoms with Crippen LogP contribution in [0.5, 0.6) is 5.88 Å². The van der Waals surface area contributed by atoms with E-state index < -0.39 is 36.1 Å². The Balaban J connectivity index is 0.000000785. The summed E-state index contributed by atoms with van der Waals surface area (Å²) in [4.78, 5) is 61.7. The number of halogens is 3. The van der Waals surface area contributed by atoms with E-state index in [0.717, 1.165) is 5.56 Å². The van der Waals surface area contributed by atoms with Crippen LogP contribution in [0, 0.1) is 6.92 Å². The molecule has 0 bridgehead atoms. The summed E-state index contributed by atoms with van der Waals surface area (Å²) in [5.41, 5.74) is 9.41. The summed E-state index contributed by atoms with van der Waals surface area (Å²) in [6.45, 7) is 5.99. The van der Waals surface area contributed by atoms with E-state index in [1.807, 2.05) is 63.2 Å². The van der Waals surface area contributed by atoms with E-state index in [2.05, 4.69) is 9.97 Å². The Bertz CT molecular complexity index is 1870. The lowest BCUT2D eigenvalue weighted by molar-refractivity contribution is -0.192.